The first kappa shape index (κ1) is 20.6. The molecule has 0 aliphatic carbocycles. The van der Waals surface area contributed by atoms with Gasteiger partial charge in [0.05, 0.1) is 12.1 Å². The fourth-order valence-electron chi connectivity index (χ4n) is 3.88. The number of hydrogen-bond donors (Lipinski definition) is 1. The first-order valence-corrected chi connectivity index (χ1v) is 10.8. The number of aromatic nitrogens is 1. The van der Waals surface area contributed by atoms with Gasteiger partial charge in [0.1, 0.15) is 0 Å². The van der Waals surface area contributed by atoms with E-state index in [9.17, 15) is 0 Å². The first-order chi connectivity index (χ1) is 13.7. The van der Waals surface area contributed by atoms with E-state index in [2.05, 4.69) is 78.0 Å². The van der Waals surface area contributed by atoms with Crippen molar-refractivity contribution in [1.29, 1.82) is 0 Å². The van der Waals surface area contributed by atoms with Crippen molar-refractivity contribution in [3.05, 3.63) is 65.9 Å². The Morgan fingerprint density at radius 1 is 0.857 bits per heavy atom. The molecule has 2 aromatic carbocycles. The lowest BCUT2D eigenvalue weighted by molar-refractivity contribution is 0.199. The Balaban J connectivity index is 1.56. The number of hydrogen-bond acceptors (Lipinski definition) is 2. The zero-order valence-corrected chi connectivity index (χ0v) is 17.4. The van der Waals surface area contributed by atoms with Crippen molar-refractivity contribution in [1.82, 2.24) is 9.47 Å². The minimum absolute atomic E-state index is 0.260. The zero-order valence-electron chi connectivity index (χ0n) is 17.4. The van der Waals surface area contributed by atoms with Crippen LogP contribution in [0.25, 0.3) is 16.6 Å². The second-order valence-electron chi connectivity index (χ2n) is 7.57. The van der Waals surface area contributed by atoms with Gasteiger partial charge in [-0.2, -0.15) is 0 Å². The number of nitrogens with zero attached hydrogens (tertiary/aromatic N) is 2. The van der Waals surface area contributed by atoms with Gasteiger partial charge in [-0.1, -0.05) is 38.5 Å². The molecule has 28 heavy (non-hydrogen) atoms. The van der Waals surface area contributed by atoms with Crippen LogP contribution in [0.5, 0.6) is 0 Å². The molecule has 1 aromatic heterocycles. The van der Waals surface area contributed by atoms with Crippen molar-refractivity contribution in [2.24, 2.45) is 0 Å². The third-order valence-electron chi connectivity index (χ3n) is 5.68. The van der Waals surface area contributed by atoms with Gasteiger partial charge < -0.3 is 14.6 Å². The molecule has 0 spiro atoms. The monoisotopic (exact) mass is 378 g/mol. The number of rotatable bonds is 11. The highest BCUT2D eigenvalue weighted by Gasteiger charge is 2.05. The van der Waals surface area contributed by atoms with Crippen LogP contribution in [-0.4, -0.2) is 40.8 Å². The maximum atomic E-state index is 9.06. The van der Waals surface area contributed by atoms with E-state index in [4.69, 9.17) is 5.11 Å². The molecule has 1 N–H and O–H groups in total. The predicted molar refractivity (Wildman–Crippen MR) is 119 cm³/mol. The molecule has 0 fully saturated rings. The molecule has 0 aliphatic heterocycles. The number of aliphatic hydroxyl groups excluding tert-OH is 1. The standard InChI is InChI=1S/C25H34N2O/c1-3-21-9-12-24(13-10-21)27-17-15-23-20-22(11-14-25(23)27)8-6-5-7-16-26(4-2)18-19-28/h9-15,17,20,28H,3-8,16,18-19H2,1-2H3. The normalized spacial score (nSPS) is 11.6. The average Bonchev–Trinajstić information content (AvgIpc) is 3.16. The van der Waals surface area contributed by atoms with Crippen LogP contribution in [0.3, 0.4) is 0 Å². The molecule has 0 amide bonds. The van der Waals surface area contributed by atoms with E-state index < -0.39 is 0 Å². The number of benzene rings is 2. The van der Waals surface area contributed by atoms with E-state index >= 15 is 0 Å². The summed E-state index contributed by atoms with van der Waals surface area (Å²) >= 11 is 0. The number of likely N-dealkylation sites (N-methyl/N-ethyl adjacent to an activating group) is 1. The molecular weight excluding hydrogens is 344 g/mol. The molecule has 3 aromatic rings. The minimum atomic E-state index is 0.260. The van der Waals surface area contributed by atoms with E-state index in [1.54, 1.807) is 0 Å². The number of fused-ring (bicyclic) bond motifs is 1. The Kier molecular flexibility index (Phi) is 7.70. The highest BCUT2D eigenvalue weighted by Crippen LogP contribution is 2.23. The Morgan fingerprint density at radius 3 is 2.36 bits per heavy atom. The van der Waals surface area contributed by atoms with Crippen LogP contribution in [0.1, 0.15) is 44.2 Å². The highest BCUT2D eigenvalue weighted by molar-refractivity contribution is 5.82. The lowest BCUT2D eigenvalue weighted by atomic mass is 10.1. The van der Waals surface area contributed by atoms with E-state index in [0.29, 0.717) is 0 Å². The summed E-state index contributed by atoms with van der Waals surface area (Å²) in [5, 5.41) is 10.4. The molecule has 0 radical (unpaired) electrons. The second kappa shape index (κ2) is 10.4. The van der Waals surface area contributed by atoms with Crippen molar-refractivity contribution < 1.29 is 5.11 Å². The third kappa shape index (κ3) is 5.24. The maximum absolute atomic E-state index is 9.06. The molecule has 1 heterocycles. The Morgan fingerprint density at radius 2 is 1.64 bits per heavy atom. The van der Waals surface area contributed by atoms with Gasteiger partial charge in [-0.3, -0.25) is 0 Å². The molecule has 3 nitrogen and oxygen atoms in total. The summed E-state index contributed by atoms with van der Waals surface area (Å²) in [6.07, 6.45) is 8.06. The van der Waals surface area contributed by atoms with Crippen molar-refractivity contribution >= 4 is 10.9 Å². The molecule has 0 saturated carbocycles. The minimum Gasteiger partial charge on any atom is -0.395 e. The molecule has 0 unspecified atom stereocenters. The van der Waals surface area contributed by atoms with Crippen molar-refractivity contribution in [3.63, 3.8) is 0 Å². The largest absolute Gasteiger partial charge is 0.395 e. The van der Waals surface area contributed by atoms with E-state index in [1.165, 1.54) is 47.0 Å². The zero-order chi connectivity index (χ0) is 19.8. The number of aryl methyl sites for hydroxylation is 2. The van der Waals surface area contributed by atoms with Gasteiger partial charge in [0.15, 0.2) is 0 Å². The molecular formula is C25H34N2O. The molecule has 0 saturated heterocycles. The summed E-state index contributed by atoms with van der Waals surface area (Å²) in [6.45, 7) is 7.53. The summed E-state index contributed by atoms with van der Waals surface area (Å²) < 4.78 is 2.28. The summed E-state index contributed by atoms with van der Waals surface area (Å²) in [7, 11) is 0. The van der Waals surface area contributed by atoms with Gasteiger partial charge in [0, 0.05) is 23.8 Å². The van der Waals surface area contributed by atoms with Gasteiger partial charge in [-0.15, -0.1) is 0 Å². The Hall–Kier alpha value is -2.10. The van der Waals surface area contributed by atoms with Gasteiger partial charge in [-0.05, 0) is 80.2 Å². The van der Waals surface area contributed by atoms with Gasteiger partial charge in [0.25, 0.3) is 0 Å². The van der Waals surface area contributed by atoms with Gasteiger partial charge in [-0.25, -0.2) is 0 Å². The van der Waals surface area contributed by atoms with Crippen LogP contribution >= 0.6 is 0 Å². The van der Waals surface area contributed by atoms with Crippen LogP contribution in [0.4, 0.5) is 0 Å². The van der Waals surface area contributed by atoms with Crippen molar-refractivity contribution in [2.75, 3.05) is 26.2 Å². The van der Waals surface area contributed by atoms with E-state index in [-0.39, 0.29) is 6.61 Å². The van der Waals surface area contributed by atoms with Crippen LogP contribution < -0.4 is 0 Å². The molecule has 0 bridgehead atoms. The number of unbranched alkanes of at least 4 members (excludes halogenated alkanes) is 2. The first-order valence-electron chi connectivity index (χ1n) is 10.8. The summed E-state index contributed by atoms with van der Waals surface area (Å²) in [4.78, 5) is 2.32. The third-order valence-corrected chi connectivity index (χ3v) is 5.68. The van der Waals surface area contributed by atoms with E-state index in [0.717, 1.165) is 32.5 Å². The Bertz CT molecular complexity index is 851. The van der Waals surface area contributed by atoms with Gasteiger partial charge >= 0.3 is 0 Å². The van der Waals surface area contributed by atoms with Crippen LogP contribution in [0.2, 0.25) is 0 Å². The predicted octanol–water partition coefficient (Wildman–Crippen LogP) is 5.22. The number of aliphatic hydroxyl groups is 1. The quantitative estimate of drug-likeness (QED) is 0.463. The Labute approximate surface area is 169 Å². The van der Waals surface area contributed by atoms with Crippen molar-refractivity contribution in [3.8, 4) is 5.69 Å². The fourth-order valence-corrected chi connectivity index (χ4v) is 3.88. The summed E-state index contributed by atoms with van der Waals surface area (Å²) in [6, 6.07) is 18.0. The summed E-state index contributed by atoms with van der Waals surface area (Å²) in [5.41, 5.74) is 5.30. The molecule has 3 heteroatoms. The molecule has 0 atom stereocenters. The topological polar surface area (TPSA) is 28.4 Å². The highest BCUT2D eigenvalue weighted by atomic mass is 16.3. The van der Waals surface area contributed by atoms with Gasteiger partial charge in [0.2, 0.25) is 0 Å². The summed E-state index contributed by atoms with van der Waals surface area (Å²) in [5.74, 6) is 0. The van der Waals surface area contributed by atoms with Crippen LogP contribution in [0.15, 0.2) is 54.7 Å². The maximum Gasteiger partial charge on any atom is 0.0558 e. The molecule has 150 valence electrons. The smallest absolute Gasteiger partial charge is 0.0558 e. The van der Waals surface area contributed by atoms with Crippen LogP contribution in [0, 0.1) is 0 Å². The van der Waals surface area contributed by atoms with E-state index in [1.807, 2.05) is 0 Å². The SMILES string of the molecule is CCc1ccc(-n2ccc3cc(CCCCCN(CC)CCO)ccc32)cc1. The molecule has 3 rings (SSSR count). The molecule has 0 aliphatic rings. The van der Waals surface area contributed by atoms with Crippen molar-refractivity contribution in [2.45, 2.75) is 46.0 Å². The van der Waals surface area contributed by atoms with Crippen LogP contribution in [-0.2, 0) is 12.8 Å². The lowest BCUT2D eigenvalue weighted by Crippen LogP contribution is -2.27. The fraction of sp³-hybridized carbons (Fsp3) is 0.440. The average molecular weight is 379 g/mol. The second-order valence-corrected chi connectivity index (χ2v) is 7.57. The lowest BCUT2D eigenvalue weighted by Gasteiger charge is -2.18.